The van der Waals surface area contributed by atoms with E-state index in [0.29, 0.717) is 5.92 Å². The van der Waals surface area contributed by atoms with Gasteiger partial charge in [-0.15, -0.1) is 0 Å². The summed E-state index contributed by atoms with van der Waals surface area (Å²) >= 11 is 0. The number of nitrogens with one attached hydrogen (secondary N) is 1. The van der Waals surface area contributed by atoms with Crippen molar-refractivity contribution in [2.24, 2.45) is 5.92 Å². The molecule has 0 aliphatic carbocycles. The van der Waals surface area contributed by atoms with Gasteiger partial charge in [0.2, 0.25) is 0 Å². The summed E-state index contributed by atoms with van der Waals surface area (Å²) in [6.07, 6.45) is 4.87. The number of pyridine rings is 1. The Kier molecular flexibility index (Phi) is 5.86. The van der Waals surface area contributed by atoms with E-state index in [1.807, 2.05) is 12.1 Å². The monoisotopic (exact) mass is 222 g/mol. The van der Waals surface area contributed by atoms with E-state index in [2.05, 4.69) is 31.1 Å². The third kappa shape index (κ3) is 4.62. The summed E-state index contributed by atoms with van der Waals surface area (Å²) in [6.45, 7) is 8.45. The fourth-order valence-corrected chi connectivity index (χ4v) is 1.43. The molecule has 0 spiro atoms. The Morgan fingerprint density at radius 2 is 2.25 bits per heavy atom. The molecule has 1 rings (SSSR count). The van der Waals surface area contributed by atoms with Crippen LogP contribution in [0, 0.1) is 5.92 Å². The molecule has 3 heteroatoms. The molecule has 0 aromatic carbocycles. The summed E-state index contributed by atoms with van der Waals surface area (Å²) in [5, 5.41) is 3.39. The third-order valence-corrected chi connectivity index (χ3v) is 2.44. The summed E-state index contributed by atoms with van der Waals surface area (Å²) < 4.78 is 5.90. The van der Waals surface area contributed by atoms with Gasteiger partial charge in [-0.1, -0.05) is 20.8 Å². The first kappa shape index (κ1) is 13.0. The molecule has 0 amide bonds. The number of hydrogen-bond acceptors (Lipinski definition) is 3. The highest BCUT2D eigenvalue weighted by Gasteiger charge is 2.14. The second-order valence-corrected chi connectivity index (χ2v) is 4.29. The summed E-state index contributed by atoms with van der Waals surface area (Å²) in [4.78, 5) is 4.05. The zero-order chi connectivity index (χ0) is 11.8. The first-order valence-electron chi connectivity index (χ1n) is 6.01. The molecule has 16 heavy (non-hydrogen) atoms. The lowest BCUT2D eigenvalue weighted by atomic mass is 10.1. The van der Waals surface area contributed by atoms with Crippen molar-refractivity contribution >= 4 is 0 Å². The van der Waals surface area contributed by atoms with Crippen LogP contribution < -0.4 is 10.1 Å². The molecule has 1 aromatic rings. The molecule has 3 nitrogen and oxygen atoms in total. The van der Waals surface area contributed by atoms with Crippen LogP contribution in [0.1, 0.15) is 27.2 Å². The average molecular weight is 222 g/mol. The molecule has 1 aromatic heterocycles. The molecule has 0 saturated carbocycles. The average Bonchev–Trinajstić information content (AvgIpc) is 2.29. The first-order valence-corrected chi connectivity index (χ1v) is 6.01. The number of aromatic nitrogens is 1. The molecule has 0 aliphatic rings. The van der Waals surface area contributed by atoms with E-state index in [9.17, 15) is 0 Å². The lowest BCUT2D eigenvalue weighted by Crippen LogP contribution is -2.35. The van der Waals surface area contributed by atoms with Crippen LogP contribution in [0.25, 0.3) is 0 Å². The van der Waals surface area contributed by atoms with E-state index in [0.717, 1.165) is 25.3 Å². The topological polar surface area (TPSA) is 34.1 Å². The van der Waals surface area contributed by atoms with Crippen LogP contribution in [0.2, 0.25) is 0 Å². The lowest BCUT2D eigenvalue weighted by molar-refractivity contribution is 0.148. The summed E-state index contributed by atoms with van der Waals surface area (Å²) in [5.41, 5.74) is 0. The Balaban J connectivity index is 2.45. The Morgan fingerprint density at radius 3 is 2.81 bits per heavy atom. The van der Waals surface area contributed by atoms with Crippen LogP contribution in [0.15, 0.2) is 24.5 Å². The van der Waals surface area contributed by atoms with E-state index in [1.54, 1.807) is 12.4 Å². The van der Waals surface area contributed by atoms with Crippen molar-refractivity contribution in [3.63, 3.8) is 0 Å². The largest absolute Gasteiger partial charge is 0.487 e. The molecule has 0 fully saturated rings. The quantitative estimate of drug-likeness (QED) is 0.720. The van der Waals surface area contributed by atoms with Gasteiger partial charge < -0.3 is 10.1 Å². The minimum atomic E-state index is 0.204. The molecule has 0 radical (unpaired) electrons. The fourth-order valence-electron chi connectivity index (χ4n) is 1.43. The van der Waals surface area contributed by atoms with Gasteiger partial charge in [0.25, 0.3) is 0 Å². The standard InChI is InChI=1S/C13H22N2O/c1-4-7-14-10-13(11(2)3)16-12-6-5-8-15-9-12/h5-6,8-9,11,13-14H,4,7,10H2,1-3H3. The predicted molar refractivity (Wildman–Crippen MR) is 66.7 cm³/mol. The molecule has 0 saturated heterocycles. The molecule has 1 N–H and O–H groups in total. The molecule has 0 aliphatic heterocycles. The second-order valence-electron chi connectivity index (χ2n) is 4.29. The lowest BCUT2D eigenvalue weighted by Gasteiger charge is -2.22. The minimum absolute atomic E-state index is 0.204. The summed E-state index contributed by atoms with van der Waals surface area (Å²) in [6, 6.07) is 3.84. The van der Waals surface area contributed by atoms with Gasteiger partial charge in [-0.05, 0) is 31.0 Å². The zero-order valence-corrected chi connectivity index (χ0v) is 10.4. The van der Waals surface area contributed by atoms with Crippen LogP contribution in [0.4, 0.5) is 0 Å². The predicted octanol–water partition coefficient (Wildman–Crippen LogP) is 2.48. The molecule has 1 atom stereocenters. The van der Waals surface area contributed by atoms with Gasteiger partial charge >= 0.3 is 0 Å². The van der Waals surface area contributed by atoms with Crippen LogP contribution in [-0.4, -0.2) is 24.2 Å². The van der Waals surface area contributed by atoms with Gasteiger partial charge in [-0.3, -0.25) is 4.98 Å². The van der Waals surface area contributed by atoms with E-state index in [-0.39, 0.29) is 6.10 Å². The maximum absolute atomic E-state index is 5.90. The smallest absolute Gasteiger partial charge is 0.138 e. The van der Waals surface area contributed by atoms with Gasteiger partial charge in [0.15, 0.2) is 0 Å². The van der Waals surface area contributed by atoms with Crippen molar-refractivity contribution in [1.29, 1.82) is 0 Å². The maximum atomic E-state index is 5.90. The molecule has 1 unspecified atom stereocenters. The van der Waals surface area contributed by atoms with Gasteiger partial charge in [0, 0.05) is 12.7 Å². The maximum Gasteiger partial charge on any atom is 0.138 e. The Morgan fingerprint density at radius 1 is 1.44 bits per heavy atom. The number of rotatable bonds is 7. The van der Waals surface area contributed by atoms with Gasteiger partial charge in [-0.2, -0.15) is 0 Å². The Labute approximate surface area is 98.2 Å². The Bertz CT molecular complexity index is 275. The third-order valence-electron chi connectivity index (χ3n) is 2.44. The fraction of sp³-hybridized carbons (Fsp3) is 0.615. The van der Waals surface area contributed by atoms with Crippen LogP contribution in [0.3, 0.4) is 0 Å². The zero-order valence-electron chi connectivity index (χ0n) is 10.4. The highest BCUT2D eigenvalue weighted by atomic mass is 16.5. The van der Waals surface area contributed by atoms with E-state index in [4.69, 9.17) is 4.74 Å². The van der Waals surface area contributed by atoms with Crippen molar-refractivity contribution in [3.8, 4) is 5.75 Å². The van der Waals surface area contributed by atoms with E-state index < -0.39 is 0 Å². The van der Waals surface area contributed by atoms with Crippen molar-refractivity contribution in [2.45, 2.75) is 33.3 Å². The number of hydrogen-bond donors (Lipinski definition) is 1. The van der Waals surface area contributed by atoms with Gasteiger partial charge in [0.05, 0.1) is 6.20 Å². The van der Waals surface area contributed by atoms with Crippen LogP contribution in [0.5, 0.6) is 5.75 Å². The highest BCUT2D eigenvalue weighted by Crippen LogP contribution is 2.13. The van der Waals surface area contributed by atoms with E-state index in [1.165, 1.54) is 0 Å². The van der Waals surface area contributed by atoms with Crippen LogP contribution >= 0.6 is 0 Å². The van der Waals surface area contributed by atoms with Crippen LogP contribution in [-0.2, 0) is 0 Å². The summed E-state index contributed by atoms with van der Waals surface area (Å²) in [5.74, 6) is 1.34. The number of nitrogens with zero attached hydrogens (tertiary/aromatic N) is 1. The highest BCUT2D eigenvalue weighted by molar-refractivity contribution is 5.15. The molecule has 1 heterocycles. The van der Waals surface area contributed by atoms with Crippen molar-refractivity contribution in [3.05, 3.63) is 24.5 Å². The summed E-state index contributed by atoms with van der Waals surface area (Å²) in [7, 11) is 0. The molecular weight excluding hydrogens is 200 g/mol. The first-order chi connectivity index (χ1) is 7.74. The minimum Gasteiger partial charge on any atom is -0.487 e. The normalized spacial score (nSPS) is 12.8. The van der Waals surface area contributed by atoms with Crippen molar-refractivity contribution in [2.75, 3.05) is 13.1 Å². The van der Waals surface area contributed by atoms with Gasteiger partial charge in [-0.25, -0.2) is 0 Å². The van der Waals surface area contributed by atoms with E-state index >= 15 is 0 Å². The Hall–Kier alpha value is -1.09. The van der Waals surface area contributed by atoms with Crippen molar-refractivity contribution in [1.82, 2.24) is 10.3 Å². The van der Waals surface area contributed by atoms with Crippen molar-refractivity contribution < 1.29 is 4.74 Å². The molecule has 0 bridgehead atoms. The SMILES string of the molecule is CCCNCC(Oc1cccnc1)C(C)C. The number of ether oxygens (including phenoxy) is 1. The molecule has 90 valence electrons. The van der Waals surface area contributed by atoms with Gasteiger partial charge in [0.1, 0.15) is 11.9 Å². The second kappa shape index (κ2) is 7.23. The molecular formula is C13H22N2O.